The molecule has 2 aromatic carbocycles. The Bertz CT molecular complexity index is 916. The summed E-state index contributed by atoms with van der Waals surface area (Å²) in [5, 5.41) is 9.05. The summed E-state index contributed by atoms with van der Waals surface area (Å²) in [6, 6.07) is 19.1. The molecule has 6 nitrogen and oxygen atoms in total. The first-order valence-corrected chi connectivity index (χ1v) is 8.81. The van der Waals surface area contributed by atoms with Gasteiger partial charge >= 0.3 is 6.03 Å². The van der Waals surface area contributed by atoms with E-state index < -0.39 is 0 Å². The van der Waals surface area contributed by atoms with Crippen LogP contribution in [-0.4, -0.2) is 17.6 Å². The van der Waals surface area contributed by atoms with Crippen molar-refractivity contribution in [2.45, 2.75) is 12.6 Å². The largest absolute Gasteiger partial charge is 0.482 e. The molecule has 0 aliphatic carbocycles. The number of aromatic nitrogens is 1. The molecule has 4 rings (SSSR count). The maximum Gasteiger partial charge on any atom is 0.319 e. The number of nitrogens with one attached hydrogen (secondary N) is 3. The van der Waals surface area contributed by atoms with E-state index in [0.29, 0.717) is 18.8 Å². The van der Waals surface area contributed by atoms with Crippen LogP contribution in [0.4, 0.5) is 16.2 Å². The van der Waals surface area contributed by atoms with Crippen molar-refractivity contribution in [1.29, 1.82) is 0 Å². The molecular formula is C21H20N4O2. The Morgan fingerprint density at radius 3 is 2.74 bits per heavy atom. The lowest BCUT2D eigenvalue weighted by Crippen LogP contribution is -2.28. The molecule has 1 atom stereocenters. The van der Waals surface area contributed by atoms with Crippen LogP contribution < -0.4 is 20.7 Å². The van der Waals surface area contributed by atoms with Crippen molar-refractivity contribution in [3.63, 3.8) is 0 Å². The molecule has 0 saturated carbocycles. The molecule has 136 valence electrons. The molecule has 0 spiro atoms. The lowest BCUT2D eigenvalue weighted by molar-refractivity contribution is 0.210. The standard InChI is InChI=1S/C21H20N4O2/c26-21(24-13-15-8-10-22-11-9-15)25-17-6-7-18-19(12-17)27-20(14-23-18)16-4-2-1-3-5-16/h1-12,20,23H,13-14H2,(H2,24,25,26)/t20-/m0/s1. The number of ether oxygens (including phenoxy) is 1. The molecule has 27 heavy (non-hydrogen) atoms. The number of carbonyl (C=O) groups excluding carboxylic acids is 1. The van der Waals surface area contributed by atoms with Gasteiger partial charge in [0.25, 0.3) is 0 Å². The van der Waals surface area contributed by atoms with E-state index in [-0.39, 0.29) is 12.1 Å². The zero-order valence-corrected chi connectivity index (χ0v) is 14.7. The Kier molecular flexibility index (Phi) is 4.87. The number of carbonyl (C=O) groups is 1. The Labute approximate surface area is 157 Å². The number of benzene rings is 2. The normalized spacial score (nSPS) is 15.0. The number of pyridine rings is 1. The van der Waals surface area contributed by atoms with Crippen LogP contribution in [0.15, 0.2) is 73.1 Å². The number of hydrogen-bond donors (Lipinski definition) is 3. The average Bonchev–Trinajstić information content (AvgIpc) is 2.73. The first kappa shape index (κ1) is 16.9. The highest BCUT2D eigenvalue weighted by atomic mass is 16.5. The van der Waals surface area contributed by atoms with Crippen LogP contribution in [0, 0.1) is 0 Å². The third kappa shape index (κ3) is 4.17. The van der Waals surface area contributed by atoms with Gasteiger partial charge in [0.15, 0.2) is 0 Å². The second kappa shape index (κ2) is 7.78. The van der Waals surface area contributed by atoms with Crippen LogP contribution in [-0.2, 0) is 6.54 Å². The van der Waals surface area contributed by atoms with E-state index in [1.54, 1.807) is 12.4 Å². The second-order valence-corrected chi connectivity index (χ2v) is 6.27. The van der Waals surface area contributed by atoms with Crippen LogP contribution in [0.5, 0.6) is 5.75 Å². The topological polar surface area (TPSA) is 75.3 Å². The predicted molar refractivity (Wildman–Crippen MR) is 105 cm³/mol. The number of hydrogen-bond acceptors (Lipinski definition) is 4. The molecule has 1 aliphatic rings. The van der Waals surface area contributed by atoms with Crippen molar-refractivity contribution in [2.75, 3.05) is 17.2 Å². The van der Waals surface area contributed by atoms with E-state index in [4.69, 9.17) is 4.74 Å². The van der Waals surface area contributed by atoms with Crippen molar-refractivity contribution in [1.82, 2.24) is 10.3 Å². The lowest BCUT2D eigenvalue weighted by atomic mass is 10.1. The minimum absolute atomic E-state index is 0.0607. The summed E-state index contributed by atoms with van der Waals surface area (Å²) in [5.41, 5.74) is 3.70. The van der Waals surface area contributed by atoms with Crippen LogP contribution in [0.2, 0.25) is 0 Å². The van der Waals surface area contributed by atoms with Gasteiger partial charge in [-0.05, 0) is 35.4 Å². The smallest absolute Gasteiger partial charge is 0.319 e. The maximum absolute atomic E-state index is 12.1. The van der Waals surface area contributed by atoms with Gasteiger partial charge in [0, 0.05) is 30.7 Å². The summed E-state index contributed by atoms with van der Waals surface area (Å²) in [7, 11) is 0. The summed E-state index contributed by atoms with van der Waals surface area (Å²) in [6.45, 7) is 1.14. The molecule has 0 bridgehead atoms. The molecule has 2 heterocycles. The zero-order valence-electron chi connectivity index (χ0n) is 14.7. The first-order valence-electron chi connectivity index (χ1n) is 8.81. The SMILES string of the molecule is O=C(NCc1ccncc1)Nc1ccc2c(c1)O[C@H](c1ccccc1)CN2. The number of urea groups is 1. The van der Waals surface area contributed by atoms with E-state index in [9.17, 15) is 4.79 Å². The molecular weight excluding hydrogens is 340 g/mol. The van der Waals surface area contributed by atoms with E-state index in [1.165, 1.54) is 0 Å². The average molecular weight is 360 g/mol. The Morgan fingerprint density at radius 2 is 1.93 bits per heavy atom. The van der Waals surface area contributed by atoms with E-state index in [2.05, 4.69) is 20.9 Å². The van der Waals surface area contributed by atoms with Gasteiger partial charge in [-0.3, -0.25) is 4.98 Å². The predicted octanol–water partition coefficient (Wildman–Crippen LogP) is 3.95. The highest BCUT2D eigenvalue weighted by Gasteiger charge is 2.21. The summed E-state index contributed by atoms with van der Waals surface area (Å²) < 4.78 is 6.13. The van der Waals surface area contributed by atoms with Crippen molar-refractivity contribution in [3.8, 4) is 5.75 Å². The molecule has 0 saturated heterocycles. The van der Waals surface area contributed by atoms with Gasteiger partial charge in [-0.15, -0.1) is 0 Å². The van der Waals surface area contributed by atoms with E-state index >= 15 is 0 Å². The lowest BCUT2D eigenvalue weighted by Gasteiger charge is -2.28. The van der Waals surface area contributed by atoms with E-state index in [1.807, 2.05) is 60.7 Å². The summed E-state index contributed by atoms with van der Waals surface area (Å²) in [6.07, 6.45) is 3.34. The molecule has 3 N–H and O–H groups in total. The molecule has 0 unspecified atom stereocenters. The Balaban J connectivity index is 1.40. The van der Waals surface area contributed by atoms with Gasteiger partial charge in [0.05, 0.1) is 12.2 Å². The fraction of sp³-hybridized carbons (Fsp3) is 0.143. The number of anilines is 2. The number of nitrogens with zero attached hydrogens (tertiary/aromatic N) is 1. The number of amides is 2. The molecule has 0 radical (unpaired) electrons. The van der Waals surface area contributed by atoms with Crippen LogP contribution in [0.25, 0.3) is 0 Å². The molecule has 6 heteroatoms. The minimum atomic E-state index is -0.268. The number of fused-ring (bicyclic) bond motifs is 1. The summed E-state index contributed by atoms with van der Waals surface area (Å²) >= 11 is 0. The molecule has 1 aromatic heterocycles. The van der Waals surface area contributed by atoms with Crippen LogP contribution >= 0.6 is 0 Å². The fourth-order valence-electron chi connectivity index (χ4n) is 2.95. The summed E-state index contributed by atoms with van der Waals surface area (Å²) in [4.78, 5) is 16.1. The second-order valence-electron chi connectivity index (χ2n) is 6.27. The van der Waals surface area contributed by atoms with Gasteiger partial charge in [-0.2, -0.15) is 0 Å². The minimum Gasteiger partial charge on any atom is -0.482 e. The number of rotatable bonds is 4. The van der Waals surface area contributed by atoms with E-state index in [0.717, 1.165) is 22.6 Å². The van der Waals surface area contributed by atoms with Crippen molar-refractivity contribution >= 4 is 17.4 Å². The van der Waals surface area contributed by atoms with Crippen molar-refractivity contribution < 1.29 is 9.53 Å². The zero-order chi connectivity index (χ0) is 18.5. The van der Waals surface area contributed by atoms with Gasteiger partial charge < -0.3 is 20.7 Å². The fourth-order valence-corrected chi connectivity index (χ4v) is 2.95. The first-order chi connectivity index (χ1) is 13.3. The van der Waals surface area contributed by atoms with Gasteiger partial charge in [-0.25, -0.2) is 4.79 Å². The van der Waals surface area contributed by atoms with Gasteiger partial charge in [0.1, 0.15) is 11.9 Å². The van der Waals surface area contributed by atoms with Crippen molar-refractivity contribution in [3.05, 3.63) is 84.2 Å². The molecule has 0 fully saturated rings. The van der Waals surface area contributed by atoms with Crippen molar-refractivity contribution in [2.24, 2.45) is 0 Å². The van der Waals surface area contributed by atoms with Gasteiger partial charge in [0.2, 0.25) is 0 Å². The molecule has 2 amide bonds. The third-order valence-electron chi connectivity index (χ3n) is 4.36. The highest BCUT2D eigenvalue weighted by Crippen LogP contribution is 2.36. The maximum atomic E-state index is 12.1. The Hall–Kier alpha value is -3.54. The van der Waals surface area contributed by atoms with Crippen LogP contribution in [0.1, 0.15) is 17.2 Å². The third-order valence-corrected chi connectivity index (χ3v) is 4.36. The molecule has 1 aliphatic heterocycles. The Morgan fingerprint density at radius 1 is 1.11 bits per heavy atom. The molecule has 3 aromatic rings. The quantitative estimate of drug-likeness (QED) is 0.659. The highest BCUT2D eigenvalue weighted by molar-refractivity contribution is 5.90. The monoisotopic (exact) mass is 360 g/mol. The van der Waals surface area contributed by atoms with Gasteiger partial charge in [-0.1, -0.05) is 30.3 Å². The van der Waals surface area contributed by atoms with Crippen LogP contribution in [0.3, 0.4) is 0 Å². The summed E-state index contributed by atoms with van der Waals surface area (Å²) in [5.74, 6) is 0.724.